The van der Waals surface area contributed by atoms with E-state index in [0.717, 1.165) is 19.3 Å². The van der Waals surface area contributed by atoms with Crippen LogP contribution in [-0.4, -0.2) is 24.6 Å². The standard InChI is InChI=1S/C14H20O4/c1-3-17-14(16)13-11-6-4-5-10(18-9(2)15)7-8-12(11)13/h4-5,10-13H,3,6-8H2,1-2H3/b5-4+/t10-,11-,12+,13+/m0/s1. The van der Waals surface area contributed by atoms with Gasteiger partial charge in [0, 0.05) is 6.92 Å². The normalized spacial score (nSPS) is 35.7. The molecule has 1 fully saturated rings. The van der Waals surface area contributed by atoms with Crippen LogP contribution in [0.1, 0.15) is 33.1 Å². The van der Waals surface area contributed by atoms with E-state index in [4.69, 9.17) is 9.47 Å². The van der Waals surface area contributed by atoms with Crippen molar-refractivity contribution in [2.24, 2.45) is 17.8 Å². The summed E-state index contributed by atoms with van der Waals surface area (Å²) in [6.07, 6.45) is 6.45. The SMILES string of the molecule is CCOC(=O)[C@H]1[C@@H]2CC[C@@H](OC(C)=O)/C=C/C[C@@H]21. The molecule has 2 aliphatic rings. The Bertz CT molecular complexity index is 361. The highest BCUT2D eigenvalue weighted by molar-refractivity contribution is 5.76. The molecule has 0 N–H and O–H groups in total. The molecule has 1 saturated carbocycles. The van der Waals surface area contributed by atoms with Crippen molar-refractivity contribution in [1.82, 2.24) is 0 Å². The summed E-state index contributed by atoms with van der Waals surface area (Å²) in [7, 11) is 0. The monoisotopic (exact) mass is 252 g/mol. The molecule has 2 rings (SSSR count). The minimum absolute atomic E-state index is 0.0608. The molecule has 0 aliphatic heterocycles. The number of allylic oxidation sites excluding steroid dienone is 1. The molecule has 0 spiro atoms. The molecule has 2 aliphatic carbocycles. The van der Waals surface area contributed by atoms with Crippen molar-refractivity contribution in [2.75, 3.05) is 6.61 Å². The summed E-state index contributed by atoms with van der Waals surface area (Å²) in [5, 5.41) is 0. The van der Waals surface area contributed by atoms with Crippen molar-refractivity contribution in [3.05, 3.63) is 12.2 Å². The van der Waals surface area contributed by atoms with Gasteiger partial charge in [-0.05, 0) is 44.1 Å². The van der Waals surface area contributed by atoms with Crippen LogP contribution in [0.25, 0.3) is 0 Å². The van der Waals surface area contributed by atoms with Crippen molar-refractivity contribution in [3.8, 4) is 0 Å². The van der Waals surface area contributed by atoms with Gasteiger partial charge in [0.25, 0.3) is 0 Å². The van der Waals surface area contributed by atoms with Crippen LogP contribution in [0, 0.1) is 17.8 Å². The third-order valence-electron chi connectivity index (χ3n) is 3.75. The summed E-state index contributed by atoms with van der Waals surface area (Å²) in [4.78, 5) is 22.7. The zero-order valence-corrected chi connectivity index (χ0v) is 10.9. The van der Waals surface area contributed by atoms with E-state index in [1.54, 1.807) is 0 Å². The first kappa shape index (κ1) is 13.1. The van der Waals surface area contributed by atoms with E-state index in [1.165, 1.54) is 6.92 Å². The quantitative estimate of drug-likeness (QED) is 0.570. The molecule has 0 aromatic rings. The van der Waals surface area contributed by atoms with Crippen LogP contribution in [-0.2, 0) is 19.1 Å². The minimum Gasteiger partial charge on any atom is -0.466 e. The van der Waals surface area contributed by atoms with Crippen LogP contribution in [0.15, 0.2) is 12.2 Å². The largest absolute Gasteiger partial charge is 0.466 e. The fourth-order valence-electron chi connectivity index (χ4n) is 2.90. The summed E-state index contributed by atoms with van der Waals surface area (Å²) in [5.74, 6) is 0.586. The molecule has 0 unspecified atom stereocenters. The average Bonchev–Trinajstić information content (AvgIpc) is 2.94. The highest BCUT2D eigenvalue weighted by Crippen LogP contribution is 2.53. The first-order chi connectivity index (χ1) is 8.63. The number of rotatable bonds is 3. The van der Waals surface area contributed by atoms with E-state index in [1.807, 2.05) is 19.1 Å². The fraction of sp³-hybridized carbons (Fsp3) is 0.714. The summed E-state index contributed by atoms with van der Waals surface area (Å²) < 4.78 is 10.3. The smallest absolute Gasteiger partial charge is 0.309 e. The molecule has 0 saturated heterocycles. The summed E-state index contributed by atoms with van der Waals surface area (Å²) >= 11 is 0. The number of esters is 2. The van der Waals surface area contributed by atoms with Gasteiger partial charge in [-0.2, -0.15) is 0 Å². The van der Waals surface area contributed by atoms with Gasteiger partial charge >= 0.3 is 11.9 Å². The predicted molar refractivity (Wildman–Crippen MR) is 65.6 cm³/mol. The van der Waals surface area contributed by atoms with E-state index >= 15 is 0 Å². The van der Waals surface area contributed by atoms with Gasteiger partial charge in [0.2, 0.25) is 0 Å². The van der Waals surface area contributed by atoms with E-state index in [-0.39, 0.29) is 24.0 Å². The molecule has 4 atom stereocenters. The Labute approximate surface area is 107 Å². The van der Waals surface area contributed by atoms with Crippen LogP contribution in [0.3, 0.4) is 0 Å². The van der Waals surface area contributed by atoms with Gasteiger partial charge in [0.1, 0.15) is 6.10 Å². The van der Waals surface area contributed by atoms with Crippen LogP contribution in [0.5, 0.6) is 0 Å². The minimum atomic E-state index is -0.250. The second-order valence-electron chi connectivity index (χ2n) is 4.99. The lowest BCUT2D eigenvalue weighted by Crippen LogP contribution is -2.15. The summed E-state index contributed by atoms with van der Waals surface area (Å²) in [6, 6.07) is 0. The van der Waals surface area contributed by atoms with Gasteiger partial charge in [0.05, 0.1) is 12.5 Å². The summed E-state index contributed by atoms with van der Waals surface area (Å²) in [6.45, 7) is 3.70. The molecule has 4 nitrogen and oxygen atoms in total. The van der Waals surface area contributed by atoms with Gasteiger partial charge in [-0.1, -0.05) is 6.08 Å². The van der Waals surface area contributed by atoms with Crippen molar-refractivity contribution < 1.29 is 19.1 Å². The zero-order valence-electron chi connectivity index (χ0n) is 10.9. The van der Waals surface area contributed by atoms with E-state index in [0.29, 0.717) is 18.4 Å². The Morgan fingerprint density at radius 3 is 2.72 bits per heavy atom. The second kappa shape index (κ2) is 5.55. The third kappa shape index (κ3) is 2.92. The molecule has 100 valence electrons. The van der Waals surface area contributed by atoms with Crippen LogP contribution < -0.4 is 0 Å². The molecule has 18 heavy (non-hydrogen) atoms. The van der Waals surface area contributed by atoms with Gasteiger partial charge < -0.3 is 9.47 Å². The van der Waals surface area contributed by atoms with Crippen molar-refractivity contribution in [3.63, 3.8) is 0 Å². The number of fused-ring (bicyclic) bond motifs is 1. The highest BCUT2D eigenvalue weighted by Gasteiger charge is 2.54. The maximum atomic E-state index is 11.7. The molecule has 0 aromatic carbocycles. The topological polar surface area (TPSA) is 52.6 Å². The van der Waals surface area contributed by atoms with Crippen LogP contribution >= 0.6 is 0 Å². The molecule has 0 bridgehead atoms. The molecule has 0 aromatic heterocycles. The maximum Gasteiger partial charge on any atom is 0.309 e. The first-order valence-electron chi connectivity index (χ1n) is 6.64. The van der Waals surface area contributed by atoms with Crippen molar-refractivity contribution >= 4 is 11.9 Å². The average molecular weight is 252 g/mol. The second-order valence-corrected chi connectivity index (χ2v) is 4.99. The van der Waals surface area contributed by atoms with Crippen molar-refractivity contribution in [1.29, 1.82) is 0 Å². The van der Waals surface area contributed by atoms with Crippen LogP contribution in [0.2, 0.25) is 0 Å². The lowest BCUT2D eigenvalue weighted by atomic mass is 10.0. The number of ether oxygens (including phenoxy) is 2. The Morgan fingerprint density at radius 1 is 1.28 bits per heavy atom. The molecule has 0 heterocycles. The molecule has 0 amide bonds. The number of carbonyl (C=O) groups excluding carboxylic acids is 2. The number of hydrogen-bond donors (Lipinski definition) is 0. The maximum absolute atomic E-state index is 11.7. The van der Waals surface area contributed by atoms with E-state index in [9.17, 15) is 9.59 Å². The predicted octanol–water partition coefficient (Wildman–Crippen LogP) is 2.08. The lowest BCUT2D eigenvalue weighted by molar-refractivity contribution is -0.146. The Balaban J connectivity index is 1.89. The molecular formula is C14H20O4. The van der Waals surface area contributed by atoms with Gasteiger partial charge in [-0.15, -0.1) is 0 Å². The van der Waals surface area contributed by atoms with Crippen LogP contribution in [0.4, 0.5) is 0 Å². The Hall–Kier alpha value is -1.32. The summed E-state index contributed by atoms with van der Waals surface area (Å²) in [5.41, 5.74) is 0. The lowest BCUT2D eigenvalue weighted by Gasteiger charge is -2.14. The van der Waals surface area contributed by atoms with Gasteiger partial charge in [-0.3, -0.25) is 9.59 Å². The van der Waals surface area contributed by atoms with Gasteiger partial charge in [0.15, 0.2) is 0 Å². The highest BCUT2D eigenvalue weighted by atomic mass is 16.5. The zero-order chi connectivity index (χ0) is 13.1. The molecule has 0 radical (unpaired) electrons. The van der Waals surface area contributed by atoms with E-state index in [2.05, 4.69) is 0 Å². The number of hydrogen-bond acceptors (Lipinski definition) is 4. The van der Waals surface area contributed by atoms with Crippen molar-refractivity contribution in [2.45, 2.75) is 39.2 Å². The van der Waals surface area contributed by atoms with E-state index < -0.39 is 0 Å². The third-order valence-corrected chi connectivity index (χ3v) is 3.75. The molecule has 4 heteroatoms. The molecular weight excluding hydrogens is 232 g/mol. The van der Waals surface area contributed by atoms with Gasteiger partial charge in [-0.25, -0.2) is 0 Å². The Morgan fingerprint density at radius 2 is 2.06 bits per heavy atom. The number of carbonyl (C=O) groups is 2. The Kier molecular flexibility index (Phi) is 4.04. The first-order valence-corrected chi connectivity index (χ1v) is 6.64. The fourth-order valence-corrected chi connectivity index (χ4v) is 2.90.